The van der Waals surface area contributed by atoms with E-state index in [2.05, 4.69) is 10.1 Å². The fraction of sp³-hybridized carbons (Fsp3) is 0.308. The average molecular weight is 262 g/mol. The third-order valence-corrected chi connectivity index (χ3v) is 3.14. The van der Waals surface area contributed by atoms with Crippen LogP contribution in [0.3, 0.4) is 0 Å². The Labute approximate surface area is 110 Å². The van der Waals surface area contributed by atoms with Gasteiger partial charge in [0.15, 0.2) is 0 Å². The topological polar surface area (TPSA) is 75.7 Å². The summed E-state index contributed by atoms with van der Waals surface area (Å²) in [5.41, 5.74) is -0.479. The summed E-state index contributed by atoms with van der Waals surface area (Å²) in [6, 6.07) is 8.29. The summed E-state index contributed by atoms with van der Waals surface area (Å²) in [5.74, 6) is -1.10. The minimum absolute atomic E-state index is 0.385. The number of amides is 3. The van der Waals surface area contributed by atoms with Crippen LogP contribution in [-0.2, 0) is 19.9 Å². The van der Waals surface area contributed by atoms with E-state index in [1.165, 1.54) is 7.11 Å². The molecule has 1 aliphatic heterocycles. The zero-order valence-electron chi connectivity index (χ0n) is 10.7. The van der Waals surface area contributed by atoms with Gasteiger partial charge < -0.3 is 10.1 Å². The number of hydrogen-bond acceptors (Lipinski definition) is 4. The van der Waals surface area contributed by atoms with Crippen molar-refractivity contribution >= 4 is 17.9 Å². The summed E-state index contributed by atoms with van der Waals surface area (Å²) in [6.07, 6.45) is 0. The number of esters is 1. The van der Waals surface area contributed by atoms with Crippen molar-refractivity contribution in [1.82, 2.24) is 10.2 Å². The van der Waals surface area contributed by atoms with Gasteiger partial charge in [0.1, 0.15) is 12.1 Å². The van der Waals surface area contributed by atoms with Gasteiger partial charge >= 0.3 is 12.0 Å². The molecule has 0 aromatic heterocycles. The molecule has 1 heterocycles. The summed E-state index contributed by atoms with van der Waals surface area (Å²) in [6.45, 7) is 1.23. The maximum atomic E-state index is 12.3. The van der Waals surface area contributed by atoms with Gasteiger partial charge in [0, 0.05) is 0 Å². The molecule has 19 heavy (non-hydrogen) atoms. The number of hydrogen-bond donors (Lipinski definition) is 1. The summed E-state index contributed by atoms with van der Waals surface area (Å²) < 4.78 is 4.47. The summed E-state index contributed by atoms with van der Waals surface area (Å²) in [4.78, 5) is 36.2. The van der Waals surface area contributed by atoms with Crippen molar-refractivity contribution in [3.8, 4) is 0 Å². The van der Waals surface area contributed by atoms with Crippen LogP contribution in [0.15, 0.2) is 30.3 Å². The van der Waals surface area contributed by atoms with E-state index in [9.17, 15) is 14.4 Å². The third kappa shape index (κ3) is 2.16. The first-order valence-electron chi connectivity index (χ1n) is 5.75. The van der Waals surface area contributed by atoms with Gasteiger partial charge in [0.2, 0.25) is 0 Å². The molecule has 0 spiro atoms. The first-order chi connectivity index (χ1) is 8.99. The number of carbonyl (C=O) groups is 3. The van der Waals surface area contributed by atoms with Crippen LogP contribution in [0.5, 0.6) is 0 Å². The Morgan fingerprint density at radius 1 is 1.32 bits per heavy atom. The van der Waals surface area contributed by atoms with Gasteiger partial charge in [-0.25, -0.2) is 4.79 Å². The monoisotopic (exact) mass is 262 g/mol. The Kier molecular flexibility index (Phi) is 3.25. The number of urea groups is 1. The molecule has 0 saturated carbocycles. The van der Waals surface area contributed by atoms with Crippen molar-refractivity contribution in [2.24, 2.45) is 0 Å². The molecule has 6 heteroatoms. The second-order valence-electron chi connectivity index (χ2n) is 4.39. The Balaban J connectivity index is 2.29. The predicted octanol–water partition coefficient (Wildman–Crippen LogP) is 0.627. The van der Waals surface area contributed by atoms with Crippen molar-refractivity contribution in [2.75, 3.05) is 13.7 Å². The van der Waals surface area contributed by atoms with Crippen LogP contribution in [0.2, 0.25) is 0 Å². The molecule has 0 bridgehead atoms. The molecule has 1 fully saturated rings. The van der Waals surface area contributed by atoms with Crippen molar-refractivity contribution < 1.29 is 19.1 Å². The number of benzene rings is 1. The molecule has 0 radical (unpaired) electrons. The lowest BCUT2D eigenvalue weighted by atomic mass is 9.92. The molecule has 6 nitrogen and oxygen atoms in total. The standard InChI is InChI=1S/C13H14N2O4/c1-13(9-6-4-3-5-7-9)11(17)15(12(18)14-13)8-10(16)19-2/h3-7H,8H2,1-2H3,(H,14,18). The van der Waals surface area contributed by atoms with Crippen LogP contribution in [0.25, 0.3) is 0 Å². The van der Waals surface area contributed by atoms with Crippen molar-refractivity contribution in [3.63, 3.8) is 0 Å². The number of nitrogens with zero attached hydrogens (tertiary/aromatic N) is 1. The lowest BCUT2D eigenvalue weighted by Gasteiger charge is -2.21. The highest BCUT2D eigenvalue weighted by Gasteiger charge is 2.49. The molecular weight excluding hydrogens is 248 g/mol. The average Bonchev–Trinajstić information content (AvgIpc) is 2.64. The number of rotatable bonds is 3. The van der Waals surface area contributed by atoms with E-state index in [4.69, 9.17) is 0 Å². The van der Waals surface area contributed by atoms with Gasteiger partial charge in [-0.05, 0) is 12.5 Å². The highest BCUT2D eigenvalue weighted by atomic mass is 16.5. The second-order valence-corrected chi connectivity index (χ2v) is 4.39. The molecule has 100 valence electrons. The van der Waals surface area contributed by atoms with Crippen LogP contribution in [0, 0.1) is 0 Å². The van der Waals surface area contributed by atoms with E-state index in [-0.39, 0.29) is 6.54 Å². The summed E-state index contributed by atoms with van der Waals surface area (Å²) in [5, 5.41) is 2.61. The lowest BCUT2D eigenvalue weighted by Crippen LogP contribution is -2.41. The van der Waals surface area contributed by atoms with Gasteiger partial charge in [-0.1, -0.05) is 30.3 Å². The first kappa shape index (κ1) is 13.1. The summed E-state index contributed by atoms with van der Waals surface area (Å²) in [7, 11) is 1.21. The number of nitrogens with one attached hydrogen (secondary N) is 1. The Bertz CT molecular complexity index is 529. The van der Waals surface area contributed by atoms with Crippen LogP contribution in [0.1, 0.15) is 12.5 Å². The van der Waals surface area contributed by atoms with E-state index >= 15 is 0 Å². The van der Waals surface area contributed by atoms with E-state index in [0.717, 1.165) is 4.90 Å². The van der Waals surface area contributed by atoms with E-state index < -0.39 is 23.4 Å². The highest BCUT2D eigenvalue weighted by Crippen LogP contribution is 2.28. The number of carbonyl (C=O) groups excluding carboxylic acids is 3. The van der Waals surface area contributed by atoms with Crippen molar-refractivity contribution in [1.29, 1.82) is 0 Å². The molecule has 2 rings (SSSR count). The van der Waals surface area contributed by atoms with E-state index in [1.54, 1.807) is 31.2 Å². The Hall–Kier alpha value is -2.37. The molecular formula is C13H14N2O4. The maximum Gasteiger partial charge on any atom is 0.325 e. The van der Waals surface area contributed by atoms with Crippen LogP contribution < -0.4 is 5.32 Å². The second kappa shape index (κ2) is 4.72. The number of methoxy groups -OCH3 is 1. The molecule has 1 atom stereocenters. The highest BCUT2D eigenvalue weighted by molar-refractivity contribution is 6.08. The van der Waals surface area contributed by atoms with Gasteiger partial charge in [0.25, 0.3) is 5.91 Å². The smallest absolute Gasteiger partial charge is 0.325 e. The summed E-state index contributed by atoms with van der Waals surface area (Å²) >= 11 is 0. The molecule has 1 saturated heterocycles. The van der Waals surface area contributed by atoms with Gasteiger partial charge in [0.05, 0.1) is 7.11 Å². The van der Waals surface area contributed by atoms with Crippen molar-refractivity contribution in [2.45, 2.75) is 12.5 Å². The molecule has 1 N–H and O–H groups in total. The van der Waals surface area contributed by atoms with Gasteiger partial charge in [-0.15, -0.1) is 0 Å². The zero-order valence-corrected chi connectivity index (χ0v) is 10.7. The van der Waals surface area contributed by atoms with Crippen molar-refractivity contribution in [3.05, 3.63) is 35.9 Å². The largest absolute Gasteiger partial charge is 0.468 e. The molecule has 1 unspecified atom stereocenters. The maximum absolute atomic E-state index is 12.3. The minimum atomic E-state index is -1.15. The van der Waals surface area contributed by atoms with E-state index in [1.807, 2.05) is 6.07 Å². The zero-order chi connectivity index (χ0) is 14.0. The quantitative estimate of drug-likeness (QED) is 0.640. The molecule has 1 aromatic rings. The molecule has 3 amide bonds. The van der Waals surface area contributed by atoms with Crippen LogP contribution in [-0.4, -0.2) is 36.5 Å². The van der Waals surface area contributed by atoms with Gasteiger partial charge in [-0.2, -0.15) is 0 Å². The van der Waals surface area contributed by atoms with E-state index in [0.29, 0.717) is 5.56 Å². The fourth-order valence-corrected chi connectivity index (χ4v) is 2.00. The molecule has 1 aromatic carbocycles. The third-order valence-electron chi connectivity index (χ3n) is 3.14. The SMILES string of the molecule is COC(=O)CN1C(=O)NC(C)(c2ccccc2)C1=O. The normalized spacial score (nSPS) is 22.3. The van der Waals surface area contributed by atoms with Crippen LogP contribution >= 0.6 is 0 Å². The van der Waals surface area contributed by atoms with Crippen LogP contribution in [0.4, 0.5) is 4.79 Å². The van der Waals surface area contributed by atoms with Gasteiger partial charge in [-0.3, -0.25) is 14.5 Å². The first-order valence-corrected chi connectivity index (χ1v) is 5.75. The minimum Gasteiger partial charge on any atom is -0.468 e. The number of ether oxygens (including phenoxy) is 1. The lowest BCUT2D eigenvalue weighted by molar-refractivity contribution is -0.145. The predicted molar refractivity (Wildman–Crippen MR) is 66.1 cm³/mol. The molecule has 1 aliphatic rings. The molecule has 0 aliphatic carbocycles. The fourth-order valence-electron chi connectivity index (χ4n) is 2.00. The Morgan fingerprint density at radius 3 is 2.53 bits per heavy atom. The Morgan fingerprint density at radius 2 is 1.95 bits per heavy atom. The number of imide groups is 1.